The van der Waals surface area contributed by atoms with Gasteiger partial charge in [-0.2, -0.15) is 0 Å². The van der Waals surface area contributed by atoms with Gasteiger partial charge in [-0.25, -0.2) is 0 Å². The second kappa shape index (κ2) is 5.10. The molecule has 2 heteroatoms. The van der Waals surface area contributed by atoms with E-state index >= 15 is 0 Å². The Hall–Kier alpha value is -1.38. The lowest BCUT2D eigenvalue weighted by atomic mass is 10.0. The first kappa shape index (κ1) is 11.1. The number of rotatable bonds is 4. The van der Waals surface area contributed by atoms with Crippen molar-refractivity contribution in [2.24, 2.45) is 5.73 Å². The molecule has 0 spiro atoms. The van der Waals surface area contributed by atoms with E-state index in [4.69, 9.17) is 10.5 Å². The van der Waals surface area contributed by atoms with E-state index in [2.05, 4.69) is 30.3 Å². The van der Waals surface area contributed by atoms with Gasteiger partial charge in [0.2, 0.25) is 0 Å². The summed E-state index contributed by atoms with van der Waals surface area (Å²) in [6, 6.07) is 14.7. The highest BCUT2D eigenvalue weighted by Gasteiger charge is 2.09. The standard InChI is InChI=1S/C14H17NO/c1-2-16-14(10-15)13-8-7-11-5-3-4-6-12(11)9-13/h3-9,14H,2,10,15H2,1H3/t14-/m1/s1. The van der Waals surface area contributed by atoms with Gasteiger partial charge in [0, 0.05) is 13.2 Å². The Kier molecular flexibility index (Phi) is 3.54. The Bertz CT molecular complexity index is 467. The molecule has 1 atom stereocenters. The topological polar surface area (TPSA) is 35.2 Å². The van der Waals surface area contributed by atoms with E-state index in [-0.39, 0.29) is 6.10 Å². The van der Waals surface area contributed by atoms with Crippen LogP contribution in [-0.2, 0) is 4.74 Å². The van der Waals surface area contributed by atoms with Gasteiger partial charge in [-0.05, 0) is 29.3 Å². The summed E-state index contributed by atoms with van der Waals surface area (Å²) < 4.78 is 5.60. The molecule has 0 aromatic heterocycles. The molecule has 2 nitrogen and oxygen atoms in total. The monoisotopic (exact) mass is 215 g/mol. The zero-order valence-electron chi connectivity index (χ0n) is 9.52. The lowest BCUT2D eigenvalue weighted by molar-refractivity contribution is 0.0689. The number of fused-ring (bicyclic) bond motifs is 1. The Morgan fingerprint density at radius 3 is 2.56 bits per heavy atom. The normalized spacial score (nSPS) is 12.9. The lowest BCUT2D eigenvalue weighted by Crippen LogP contribution is -2.15. The molecule has 84 valence electrons. The van der Waals surface area contributed by atoms with Crippen LogP contribution >= 0.6 is 0 Å². The largest absolute Gasteiger partial charge is 0.372 e. The highest BCUT2D eigenvalue weighted by molar-refractivity contribution is 5.83. The molecule has 0 bridgehead atoms. The number of nitrogens with two attached hydrogens (primary N) is 1. The van der Waals surface area contributed by atoms with Gasteiger partial charge in [0.25, 0.3) is 0 Å². The van der Waals surface area contributed by atoms with E-state index < -0.39 is 0 Å². The van der Waals surface area contributed by atoms with Crippen LogP contribution in [0.3, 0.4) is 0 Å². The van der Waals surface area contributed by atoms with Crippen molar-refractivity contribution in [1.29, 1.82) is 0 Å². The Balaban J connectivity index is 2.37. The third-order valence-corrected chi connectivity index (χ3v) is 2.73. The van der Waals surface area contributed by atoms with Crippen LogP contribution in [0.25, 0.3) is 10.8 Å². The average Bonchev–Trinajstić information content (AvgIpc) is 2.35. The van der Waals surface area contributed by atoms with Gasteiger partial charge in [0.15, 0.2) is 0 Å². The van der Waals surface area contributed by atoms with Crippen LogP contribution in [0, 0.1) is 0 Å². The maximum atomic E-state index is 5.71. The van der Waals surface area contributed by atoms with Gasteiger partial charge in [0.05, 0.1) is 6.10 Å². The minimum Gasteiger partial charge on any atom is -0.372 e. The van der Waals surface area contributed by atoms with Crippen LogP contribution < -0.4 is 5.73 Å². The fraction of sp³-hybridized carbons (Fsp3) is 0.286. The van der Waals surface area contributed by atoms with Crippen molar-refractivity contribution in [2.75, 3.05) is 13.2 Å². The smallest absolute Gasteiger partial charge is 0.0947 e. The quantitative estimate of drug-likeness (QED) is 0.851. The minimum atomic E-state index is 0.00889. The van der Waals surface area contributed by atoms with Crippen LogP contribution in [0.1, 0.15) is 18.6 Å². The predicted molar refractivity (Wildman–Crippen MR) is 67.4 cm³/mol. The van der Waals surface area contributed by atoms with E-state index in [0.717, 1.165) is 5.56 Å². The van der Waals surface area contributed by atoms with Gasteiger partial charge >= 0.3 is 0 Å². The van der Waals surface area contributed by atoms with E-state index in [0.29, 0.717) is 13.2 Å². The highest BCUT2D eigenvalue weighted by Crippen LogP contribution is 2.22. The van der Waals surface area contributed by atoms with Gasteiger partial charge in [0.1, 0.15) is 0 Å². The number of ether oxygens (including phenoxy) is 1. The summed E-state index contributed by atoms with van der Waals surface area (Å²) >= 11 is 0. The van der Waals surface area contributed by atoms with Gasteiger partial charge in [-0.15, -0.1) is 0 Å². The van der Waals surface area contributed by atoms with E-state index in [1.54, 1.807) is 0 Å². The SMILES string of the molecule is CCO[C@H](CN)c1ccc2ccccc2c1. The first-order chi connectivity index (χ1) is 7.85. The summed E-state index contributed by atoms with van der Waals surface area (Å²) in [5.41, 5.74) is 6.87. The van der Waals surface area contributed by atoms with Gasteiger partial charge in [-0.3, -0.25) is 0 Å². The summed E-state index contributed by atoms with van der Waals surface area (Å²) in [4.78, 5) is 0. The minimum absolute atomic E-state index is 0.00889. The van der Waals surface area contributed by atoms with Crippen LogP contribution in [0.2, 0.25) is 0 Å². The Morgan fingerprint density at radius 2 is 1.88 bits per heavy atom. The van der Waals surface area contributed by atoms with E-state index in [9.17, 15) is 0 Å². The maximum Gasteiger partial charge on any atom is 0.0947 e. The zero-order chi connectivity index (χ0) is 11.4. The predicted octanol–water partition coefficient (Wildman–Crippen LogP) is 2.88. The van der Waals surface area contributed by atoms with Crippen molar-refractivity contribution in [1.82, 2.24) is 0 Å². The first-order valence-corrected chi connectivity index (χ1v) is 5.65. The van der Waals surface area contributed by atoms with Gasteiger partial charge in [-0.1, -0.05) is 36.4 Å². The molecule has 0 heterocycles. The van der Waals surface area contributed by atoms with Crippen molar-refractivity contribution in [3.05, 3.63) is 48.0 Å². The molecule has 0 unspecified atom stereocenters. The molecule has 0 saturated heterocycles. The molecule has 2 N–H and O–H groups in total. The fourth-order valence-electron chi connectivity index (χ4n) is 1.91. The maximum absolute atomic E-state index is 5.71. The van der Waals surface area contributed by atoms with Crippen LogP contribution in [0.4, 0.5) is 0 Å². The molecule has 2 aromatic carbocycles. The summed E-state index contributed by atoms with van der Waals surface area (Å²) in [6.07, 6.45) is 0.00889. The second-order valence-corrected chi connectivity index (χ2v) is 3.79. The molecule has 0 radical (unpaired) electrons. The van der Waals surface area contributed by atoms with Crippen molar-refractivity contribution in [3.8, 4) is 0 Å². The summed E-state index contributed by atoms with van der Waals surface area (Å²) in [6.45, 7) is 3.20. The molecule has 16 heavy (non-hydrogen) atoms. The molecule has 0 aliphatic carbocycles. The van der Waals surface area contributed by atoms with Crippen molar-refractivity contribution >= 4 is 10.8 Å². The van der Waals surface area contributed by atoms with Crippen LogP contribution in [-0.4, -0.2) is 13.2 Å². The summed E-state index contributed by atoms with van der Waals surface area (Å²) in [7, 11) is 0. The molecular formula is C14H17NO. The third-order valence-electron chi connectivity index (χ3n) is 2.73. The molecule has 0 saturated carbocycles. The number of hydrogen-bond acceptors (Lipinski definition) is 2. The average molecular weight is 215 g/mol. The first-order valence-electron chi connectivity index (χ1n) is 5.65. The molecule has 2 aromatic rings. The molecule has 0 aliphatic heterocycles. The van der Waals surface area contributed by atoms with E-state index in [1.807, 2.05) is 19.1 Å². The summed E-state index contributed by atoms with van der Waals surface area (Å²) in [5.74, 6) is 0. The molecule has 2 rings (SSSR count). The van der Waals surface area contributed by atoms with Crippen LogP contribution in [0.15, 0.2) is 42.5 Å². The zero-order valence-corrected chi connectivity index (χ0v) is 9.52. The Morgan fingerprint density at radius 1 is 1.12 bits per heavy atom. The number of hydrogen-bond donors (Lipinski definition) is 1. The van der Waals surface area contributed by atoms with Crippen molar-refractivity contribution < 1.29 is 4.74 Å². The van der Waals surface area contributed by atoms with E-state index in [1.165, 1.54) is 10.8 Å². The van der Waals surface area contributed by atoms with Crippen molar-refractivity contribution in [3.63, 3.8) is 0 Å². The van der Waals surface area contributed by atoms with Crippen LogP contribution in [0.5, 0.6) is 0 Å². The molecule has 0 amide bonds. The van der Waals surface area contributed by atoms with Gasteiger partial charge < -0.3 is 10.5 Å². The molecular weight excluding hydrogens is 198 g/mol. The third kappa shape index (κ3) is 2.23. The second-order valence-electron chi connectivity index (χ2n) is 3.79. The summed E-state index contributed by atoms with van der Waals surface area (Å²) in [5, 5.41) is 2.48. The Labute approximate surface area is 96.0 Å². The van der Waals surface area contributed by atoms with Crippen molar-refractivity contribution in [2.45, 2.75) is 13.0 Å². The molecule has 0 aliphatic rings. The number of benzene rings is 2. The highest BCUT2D eigenvalue weighted by atomic mass is 16.5. The lowest BCUT2D eigenvalue weighted by Gasteiger charge is -2.15. The molecule has 0 fully saturated rings. The fourth-order valence-corrected chi connectivity index (χ4v) is 1.91.